The minimum Gasteiger partial charge on any atom is -0.370 e. The van der Waals surface area contributed by atoms with Gasteiger partial charge in [-0.15, -0.1) is 0 Å². The summed E-state index contributed by atoms with van der Waals surface area (Å²) in [5.74, 6) is -0.785. The van der Waals surface area contributed by atoms with E-state index >= 15 is 0 Å². The number of amides is 1. The lowest BCUT2D eigenvalue weighted by Gasteiger charge is -2.28. The van der Waals surface area contributed by atoms with Gasteiger partial charge in [-0.1, -0.05) is 25.7 Å². The van der Waals surface area contributed by atoms with Crippen LogP contribution in [-0.2, 0) is 10.0 Å². The number of anilines is 2. The molecule has 1 amide bonds. The van der Waals surface area contributed by atoms with Gasteiger partial charge in [0, 0.05) is 37.4 Å². The summed E-state index contributed by atoms with van der Waals surface area (Å²) in [6, 6.07) is 9.16. The first-order chi connectivity index (χ1) is 16.4. The van der Waals surface area contributed by atoms with Crippen molar-refractivity contribution in [3.05, 3.63) is 53.3 Å². The summed E-state index contributed by atoms with van der Waals surface area (Å²) in [6.45, 7) is 4.35. The molecule has 2 aliphatic rings. The molecule has 0 spiro atoms. The number of nitrogens with zero attached hydrogens (tertiary/aromatic N) is 2. The number of nitrogens with one attached hydrogen (secondary N) is 1. The van der Waals surface area contributed by atoms with E-state index in [1.165, 1.54) is 24.3 Å². The van der Waals surface area contributed by atoms with Gasteiger partial charge >= 0.3 is 0 Å². The van der Waals surface area contributed by atoms with E-state index in [2.05, 4.69) is 10.2 Å². The summed E-state index contributed by atoms with van der Waals surface area (Å²) in [5, 5.41) is 2.80. The first-order valence-corrected chi connectivity index (χ1v) is 13.8. The molecule has 2 fully saturated rings. The van der Waals surface area contributed by atoms with Gasteiger partial charge in [0.25, 0.3) is 5.91 Å². The quantitative estimate of drug-likeness (QED) is 0.619. The zero-order chi connectivity index (χ0) is 24.1. The van der Waals surface area contributed by atoms with Crippen LogP contribution in [0.2, 0.25) is 0 Å². The van der Waals surface area contributed by atoms with E-state index in [9.17, 15) is 17.6 Å². The van der Waals surface area contributed by atoms with Crippen LogP contribution in [0.5, 0.6) is 0 Å². The van der Waals surface area contributed by atoms with Crippen molar-refractivity contribution in [2.45, 2.75) is 63.2 Å². The van der Waals surface area contributed by atoms with Crippen molar-refractivity contribution in [1.29, 1.82) is 0 Å². The highest BCUT2D eigenvalue weighted by Crippen LogP contribution is 2.32. The zero-order valence-electron chi connectivity index (χ0n) is 19.9. The van der Waals surface area contributed by atoms with Gasteiger partial charge in [0.05, 0.1) is 5.69 Å². The molecule has 4 rings (SSSR count). The summed E-state index contributed by atoms with van der Waals surface area (Å²) >= 11 is 0. The Morgan fingerprint density at radius 1 is 0.853 bits per heavy atom. The smallest absolute Gasteiger partial charge is 0.255 e. The van der Waals surface area contributed by atoms with Crippen LogP contribution in [0.4, 0.5) is 15.8 Å². The molecule has 2 aliphatic heterocycles. The van der Waals surface area contributed by atoms with Gasteiger partial charge in [-0.2, -0.15) is 4.31 Å². The van der Waals surface area contributed by atoms with E-state index < -0.39 is 15.9 Å². The van der Waals surface area contributed by atoms with Crippen molar-refractivity contribution >= 4 is 27.3 Å². The Morgan fingerprint density at radius 2 is 1.47 bits per heavy atom. The molecule has 0 aromatic heterocycles. The van der Waals surface area contributed by atoms with Crippen molar-refractivity contribution in [3.8, 4) is 0 Å². The van der Waals surface area contributed by atoms with Gasteiger partial charge in [0.1, 0.15) is 10.7 Å². The van der Waals surface area contributed by atoms with Crippen LogP contribution in [-0.4, -0.2) is 44.8 Å². The Balaban J connectivity index is 1.71. The number of carbonyl (C=O) groups is 1. The molecule has 34 heavy (non-hydrogen) atoms. The molecular formula is C26H34FN3O3S. The molecule has 6 nitrogen and oxygen atoms in total. The second kappa shape index (κ2) is 10.9. The van der Waals surface area contributed by atoms with Gasteiger partial charge in [-0.25, -0.2) is 12.8 Å². The van der Waals surface area contributed by atoms with Gasteiger partial charge in [-0.3, -0.25) is 4.79 Å². The summed E-state index contributed by atoms with van der Waals surface area (Å²) in [5.41, 5.74) is 2.06. The average molecular weight is 488 g/mol. The Kier molecular flexibility index (Phi) is 7.88. The number of sulfonamides is 1. The molecule has 2 heterocycles. The van der Waals surface area contributed by atoms with E-state index in [-0.39, 0.29) is 16.3 Å². The Hall–Kier alpha value is -2.45. The van der Waals surface area contributed by atoms with E-state index in [1.807, 2.05) is 0 Å². The number of hydrogen-bond donors (Lipinski definition) is 1. The first kappa shape index (κ1) is 24.7. The predicted octanol–water partition coefficient (Wildman–Crippen LogP) is 5.33. The predicted molar refractivity (Wildman–Crippen MR) is 133 cm³/mol. The van der Waals surface area contributed by atoms with Crippen LogP contribution in [0.25, 0.3) is 0 Å². The molecule has 2 aromatic carbocycles. The van der Waals surface area contributed by atoms with Crippen LogP contribution in [0.1, 0.15) is 67.3 Å². The highest BCUT2D eigenvalue weighted by molar-refractivity contribution is 7.89. The molecule has 1 N–H and O–H groups in total. The second-order valence-electron chi connectivity index (χ2n) is 9.32. The normalized spacial score (nSPS) is 18.2. The Labute approximate surface area is 202 Å². The van der Waals surface area contributed by atoms with Gasteiger partial charge in [0.2, 0.25) is 10.0 Å². The number of carbonyl (C=O) groups excluding carboxylic acids is 1. The second-order valence-corrected chi connectivity index (χ2v) is 11.2. The summed E-state index contributed by atoms with van der Waals surface area (Å²) in [7, 11) is -3.76. The number of aryl methyl sites for hydroxylation is 1. The number of rotatable bonds is 5. The molecule has 0 bridgehead atoms. The first-order valence-electron chi connectivity index (χ1n) is 12.3. The third-order valence-electron chi connectivity index (χ3n) is 6.79. The van der Waals surface area contributed by atoms with Crippen molar-refractivity contribution < 1.29 is 17.6 Å². The number of hydrogen-bond acceptors (Lipinski definition) is 4. The van der Waals surface area contributed by atoms with E-state index in [1.54, 1.807) is 23.4 Å². The van der Waals surface area contributed by atoms with Crippen molar-refractivity contribution in [2.75, 3.05) is 36.4 Å². The molecule has 184 valence electrons. The average Bonchev–Trinajstić information content (AvgIpc) is 3.26. The fraction of sp³-hybridized carbons (Fsp3) is 0.500. The van der Waals surface area contributed by atoms with Crippen LogP contribution in [0.15, 0.2) is 41.3 Å². The lowest BCUT2D eigenvalue weighted by atomic mass is 10.1. The van der Waals surface area contributed by atoms with Crippen LogP contribution >= 0.6 is 0 Å². The van der Waals surface area contributed by atoms with Gasteiger partial charge in [0.15, 0.2) is 0 Å². The highest BCUT2D eigenvalue weighted by Gasteiger charge is 2.30. The van der Waals surface area contributed by atoms with E-state index in [0.29, 0.717) is 30.0 Å². The van der Waals surface area contributed by atoms with E-state index in [4.69, 9.17) is 0 Å². The third-order valence-corrected chi connectivity index (χ3v) is 8.72. The minimum atomic E-state index is -3.76. The number of benzene rings is 2. The molecule has 0 aliphatic carbocycles. The lowest BCUT2D eigenvalue weighted by molar-refractivity contribution is 0.102. The fourth-order valence-electron chi connectivity index (χ4n) is 4.82. The summed E-state index contributed by atoms with van der Waals surface area (Å²) in [6.07, 6.45) is 8.09. The topological polar surface area (TPSA) is 69.7 Å². The molecule has 2 aromatic rings. The van der Waals surface area contributed by atoms with Crippen LogP contribution in [0.3, 0.4) is 0 Å². The fourth-order valence-corrected chi connectivity index (χ4v) is 6.57. The van der Waals surface area contributed by atoms with Crippen molar-refractivity contribution in [3.63, 3.8) is 0 Å². The minimum absolute atomic E-state index is 0.208. The molecule has 8 heteroatoms. The maximum atomic E-state index is 13.8. The van der Waals surface area contributed by atoms with Crippen LogP contribution in [0, 0.1) is 12.7 Å². The standard InChI is InChI=1S/C26H34FN3O3S/c1-20-18-22(27)11-12-23(20)28-26(31)21-10-13-24(29-14-6-2-3-7-15-29)25(19-21)34(32,33)30-16-8-4-5-9-17-30/h10-13,18-19H,2-9,14-17H2,1H3,(H,28,31). The maximum absolute atomic E-state index is 13.8. The molecule has 0 atom stereocenters. The SMILES string of the molecule is Cc1cc(F)ccc1NC(=O)c1ccc(N2CCCCCC2)c(S(=O)(=O)N2CCCCCC2)c1. The highest BCUT2D eigenvalue weighted by atomic mass is 32.2. The molecule has 2 saturated heterocycles. The number of halogens is 1. The molecule has 0 radical (unpaired) electrons. The summed E-state index contributed by atoms with van der Waals surface area (Å²) in [4.78, 5) is 15.4. The summed E-state index contributed by atoms with van der Waals surface area (Å²) < 4.78 is 42.7. The molecule has 0 saturated carbocycles. The zero-order valence-corrected chi connectivity index (χ0v) is 20.7. The third kappa shape index (κ3) is 5.61. The van der Waals surface area contributed by atoms with Gasteiger partial charge in [-0.05, 0) is 74.6 Å². The maximum Gasteiger partial charge on any atom is 0.255 e. The monoisotopic (exact) mass is 487 g/mol. The molecular weight excluding hydrogens is 453 g/mol. The Bertz CT molecular complexity index is 1120. The Morgan fingerprint density at radius 3 is 2.09 bits per heavy atom. The van der Waals surface area contributed by atoms with Crippen LogP contribution < -0.4 is 10.2 Å². The largest absolute Gasteiger partial charge is 0.370 e. The van der Waals surface area contributed by atoms with Gasteiger partial charge < -0.3 is 10.2 Å². The van der Waals surface area contributed by atoms with E-state index in [0.717, 1.165) is 64.5 Å². The molecule has 0 unspecified atom stereocenters. The van der Waals surface area contributed by atoms with Crippen molar-refractivity contribution in [1.82, 2.24) is 4.31 Å². The lowest BCUT2D eigenvalue weighted by Crippen LogP contribution is -2.34. The van der Waals surface area contributed by atoms with Crippen molar-refractivity contribution in [2.24, 2.45) is 0 Å².